The number of nitrogens with one attached hydrogen (secondary N) is 1. The molecule has 0 aliphatic carbocycles. The average Bonchev–Trinajstić information content (AvgIpc) is 2.43. The molecule has 1 aromatic rings. The molecular weight excluding hydrogens is 263 g/mol. The second kappa shape index (κ2) is 7.37. The van der Waals surface area contributed by atoms with Crippen LogP contribution in [0.5, 0.6) is 0 Å². The molecule has 0 fully saturated rings. The molecule has 0 saturated carbocycles. The smallest absolute Gasteiger partial charge is 0.128 e. The van der Waals surface area contributed by atoms with Gasteiger partial charge in [0.15, 0.2) is 0 Å². The number of nitrogens with zero attached hydrogens (tertiary/aromatic N) is 1. The van der Waals surface area contributed by atoms with Gasteiger partial charge in [0.05, 0.1) is 6.04 Å². The third kappa shape index (κ3) is 3.46. The van der Waals surface area contributed by atoms with Crippen molar-refractivity contribution >= 4 is 0 Å². The van der Waals surface area contributed by atoms with E-state index in [9.17, 15) is 4.39 Å². The number of benzene rings is 1. The predicted octanol–water partition coefficient (Wildman–Crippen LogP) is 4.21. The molecule has 0 amide bonds. The summed E-state index contributed by atoms with van der Waals surface area (Å²) in [6.45, 7) is 14.6. The van der Waals surface area contributed by atoms with E-state index in [2.05, 4.69) is 44.0 Å². The molecule has 2 atom stereocenters. The molecule has 1 N–H and O–H groups in total. The first-order chi connectivity index (χ1) is 9.85. The van der Waals surface area contributed by atoms with Gasteiger partial charge in [-0.3, -0.25) is 4.90 Å². The van der Waals surface area contributed by atoms with Gasteiger partial charge >= 0.3 is 0 Å². The van der Waals surface area contributed by atoms with E-state index < -0.39 is 0 Å². The van der Waals surface area contributed by atoms with E-state index in [0.717, 1.165) is 36.2 Å². The molecule has 21 heavy (non-hydrogen) atoms. The van der Waals surface area contributed by atoms with Gasteiger partial charge in [-0.05, 0) is 64.5 Å². The molecule has 0 aliphatic heterocycles. The molecule has 120 valence electrons. The zero-order valence-corrected chi connectivity index (χ0v) is 14.7. The lowest BCUT2D eigenvalue weighted by molar-refractivity contribution is 0.0712. The van der Waals surface area contributed by atoms with Crippen LogP contribution in [0, 0.1) is 19.7 Å². The Kier molecular flexibility index (Phi) is 6.36. The zero-order valence-electron chi connectivity index (χ0n) is 14.7. The molecule has 2 nitrogen and oxygen atoms in total. The Hall–Kier alpha value is -0.930. The molecule has 1 rings (SSSR count). The van der Waals surface area contributed by atoms with Crippen LogP contribution in [0.2, 0.25) is 0 Å². The second-order valence-corrected chi connectivity index (χ2v) is 6.08. The number of hydrogen-bond acceptors (Lipinski definition) is 2. The number of likely N-dealkylation sites (N-methyl/N-ethyl adjacent to an activating group) is 2. The number of rotatable bonds is 7. The van der Waals surface area contributed by atoms with Crippen molar-refractivity contribution in [1.82, 2.24) is 10.2 Å². The van der Waals surface area contributed by atoms with Crippen LogP contribution in [0.4, 0.5) is 4.39 Å². The lowest BCUT2D eigenvalue weighted by Crippen LogP contribution is -2.54. The first-order valence-electron chi connectivity index (χ1n) is 8.04. The van der Waals surface area contributed by atoms with Crippen molar-refractivity contribution in [1.29, 1.82) is 0 Å². The van der Waals surface area contributed by atoms with E-state index in [1.807, 2.05) is 20.9 Å². The molecule has 1 aromatic carbocycles. The Balaban J connectivity index is 3.41. The predicted molar refractivity (Wildman–Crippen MR) is 89.3 cm³/mol. The fraction of sp³-hybridized carbons (Fsp3) is 0.667. The van der Waals surface area contributed by atoms with E-state index >= 15 is 0 Å². The summed E-state index contributed by atoms with van der Waals surface area (Å²) in [4.78, 5) is 2.42. The van der Waals surface area contributed by atoms with Crippen molar-refractivity contribution in [2.75, 3.05) is 20.1 Å². The summed E-state index contributed by atoms with van der Waals surface area (Å²) in [6, 6.07) is 3.69. The van der Waals surface area contributed by atoms with Crippen molar-refractivity contribution in [2.45, 2.75) is 59.5 Å². The van der Waals surface area contributed by atoms with Crippen LogP contribution in [0.3, 0.4) is 0 Å². The molecular formula is C18H31FN2. The second-order valence-electron chi connectivity index (χ2n) is 6.08. The minimum atomic E-state index is -0.112. The van der Waals surface area contributed by atoms with Gasteiger partial charge in [0.1, 0.15) is 5.82 Å². The van der Waals surface area contributed by atoms with Gasteiger partial charge in [-0.25, -0.2) is 4.39 Å². The molecule has 0 bridgehead atoms. The van der Waals surface area contributed by atoms with Crippen molar-refractivity contribution < 1.29 is 4.39 Å². The monoisotopic (exact) mass is 294 g/mol. The first kappa shape index (κ1) is 18.1. The highest BCUT2D eigenvalue weighted by Gasteiger charge is 2.39. The summed E-state index contributed by atoms with van der Waals surface area (Å²) in [7, 11) is 1.93. The molecule has 0 saturated heterocycles. The highest BCUT2D eigenvalue weighted by Crippen LogP contribution is 2.37. The third-order valence-electron chi connectivity index (χ3n) is 4.88. The molecule has 0 aromatic heterocycles. The number of hydrogen-bond donors (Lipinski definition) is 1. The fourth-order valence-electron chi connectivity index (χ4n) is 3.62. The molecule has 0 radical (unpaired) electrons. The van der Waals surface area contributed by atoms with Crippen LogP contribution in [0.25, 0.3) is 0 Å². The Morgan fingerprint density at radius 1 is 1.19 bits per heavy atom. The molecule has 0 heterocycles. The Morgan fingerprint density at radius 3 is 2.14 bits per heavy atom. The Labute approximate surface area is 129 Å². The van der Waals surface area contributed by atoms with Gasteiger partial charge in [0.2, 0.25) is 0 Å². The summed E-state index contributed by atoms with van der Waals surface area (Å²) < 4.78 is 14.6. The van der Waals surface area contributed by atoms with E-state index in [-0.39, 0.29) is 17.4 Å². The highest BCUT2D eigenvalue weighted by atomic mass is 19.1. The summed E-state index contributed by atoms with van der Waals surface area (Å²) in [5.74, 6) is -0.0984. The quantitative estimate of drug-likeness (QED) is 0.810. The number of aryl methyl sites for hydroxylation is 2. The van der Waals surface area contributed by atoms with Crippen LogP contribution in [0.1, 0.15) is 56.8 Å². The lowest BCUT2D eigenvalue weighted by atomic mass is 9.80. The Bertz CT molecular complexity index is 445. The Morgan fingerprint density at radius 2 is 1.76 bits per heavy atom. The van der Waals surface area contributed by atoms with E-state index in [4.69, 9.17) is 0 Å². The van der Waals surface area contributed by atoms with Crippen LogP contribution >= 0.6 is 0 Å². The zero-order chi connectivity index (χ0) is 16.2. The van der Waals surface area contributed by atoms with Crippen LogP contribution in [0.15, 0.2) is 12.1 Å². The van der Waals surface area contributed by atoms with Crippen molar-refractivity contribution in [3.8, 4) is 0 Å². The standard InChI is InChI=1S/C18H31FN2/c1-8-18(6,21(9-2)10-3)17(20-7)16-14(5)11-13(4)12-15(16)19/h11-12,17,20H,8-10H2,1-7H3. The van der Waals surface area contributed by atoms with E-state index in [0.29, 0.717) is 0 Å². The normalized spacial score (nSPS) is 16.0. The maximum atomic E-state index is 14.6. The first-order valence-corrected chi connectivity index (χ1v) is 8.04. The fourth-order valence-corrected chi connectivity index (χ4v) is 3.62. The SMILES string of the molecule is CCN(CC)C(C)(CC)C(NC)c1c(C)cc(C)cc1F. The third-order valence-corrected chi connectivity index (χ3v) is 4.88. The summed E-state index contributed by atoms with van der Waals surface area (Å²) in [6.07, 6.45) is 0.965. The van der Waals surface area contributed by atoms with Crippen molar-refractivity contribution in [3.05, 3.63) is 34.6 Å². The average molecular weight is 294 g/mol. The van der Waals surface area contributed by atoms with Crippen LogP contribution in [-0.4, -0.2) is 30.6 Å². The maximum Gasteiger partial charge on any atom is 0.128 e. The largest absolute Gasteiger partial charge is 0.311 e. The van der Waals surface area contributed by atoms with Gasteiger partial charge in [-0.2, -0.15) is 0 Å². The van der Waals surface area contributed by atoms with Gasteiger partial charge in [-0.1, -0.05) is 26.8 Å². The molecule has 3 heteroatoms. The minimum Gasteiger partial charge on any atom is -0.311 e. The van der Waals surface area contributed by atoms with E-state index in [1.165, 1.54) is 0 Å². The van der Waals surface area contributed by atoms with Crippen LogP contribution in [-0.2, 0) is 0 Å². The molecule has 0 aliphatic rings. The molecule has 2 unspecified atom stereocenters. The lowest BCUT2D eigenvalue weighted by Gasteiger charge is -2.46. The van der Waals surface area contributed by atoms with Gasteiger partial charge in [0, 0.05) is 11.1 Å². The van der Waals surface area contributed by atoms with Gasteiger partial charge in [0.25, 0.3) is 0 Å². The maximum absolute atomic E-state index is 14.6. The molecule has 0 spiro atoms. The van der Waals surface area contributed by atoms with Crippen molar-refractivity contribution in [3.63, 3.8) is 0 Å². The van der Waals surface area contributed by atoms with Crippen molar-refractivity contribution in [2.24, 2.45) is 0 Å². The van der Waals surface area contributed by atoms with E-state index in [1.54, 1.807) is 6.07 Å². The summed E-state index contributed by atoms with van der Waals surface area (Å²) >= 11 is 0. The number of halogens is 1. The summed E-state index contributed by atoms with van der Waals surface area (Å²) in [5.41, 5.74) is 2.70. The minimum absolute atomic E-state index is 0.0250. The van der Waals surface area contributed by atoms with Gasteiger partial charge in [-0.15, -0.1) is 0 Å². The topological polar surface area (TPSA) is 15.3 Å². The summed E-state index contributed by atoms with van der Waals surface area (Å²) in [5, 5.41) is 3.38. The van der Waals surface area contributed by atoms with Gasteiger partial charge < -0.3 is 5.32 Å². The highest BCUT2D eigenvalue weighted by molar-refractivity contribution is 5.36. The van der Waals surface area contributed by atoms with Crippen LogP contribution < -0.4 is 5.32 Å².